The highest BCUT2D eigenvalue weighted by molar-refractivity contribution is 7.15. The number of benzene rings is 2. The van der Waals surface area contributed by atoms with Crippen LogP contribution >= 0.6 is 11.3 Å². The molecule has 0 saturated heterocycles. The Morgan fingerprint density at radius 1 is 1.00 bits per heavy atom. The number of nitrogens with zero attached hydrogens (tertiary/aromatic N) is 5. The van der Waals surface area contributed by atoms with Crippen LogP contribution in [-0.2, 0) is 6.54 Å². The summed E-state index contributed by atoms with van der Waals surface area (Å²) in [4.78, 5) is 5.85. The Hall–Kier alpha value is -3.06. The van der Waals surface area contributed by atoms with E-state index >= 15 is 0 Å². The van der Waals surface area contributed by atoms with Gasteiger partial charge in [-0.3, -0.25) is 0 Å². The third-order valence-electron chi connectivity index (χ3n) is 3.79. The molecule has 0 unspecified atom stereocenters. The molecule has 0 atom stereocenters. The van der Waals surface area contributed by atoms with Crippen molar-refractivity contribution in [2.75, 3.05) is 5.32 Å². The Morgan fingerprint density at radius 2 is 1.72 bits per heavy atom. The molecule has 4 aromatic rings. The summed E-state index contributed by atoms with van der Waals surface area (Å²) in [7, 11) is 0. The minimum atomic E-state index is 0.611. The van der Waals surface area contributed by atoms with E-state index in [1.54, 1.807) is 16.0 Å². The van der Waals surface area contributed by atoms with Crippen LogP contribution in [0.4, 0.5) is 5.95 Å². The van der Waals surface area contributed by atoms with E-state index in [9.17, 15) is 0 Å². The van der Waals surface area contributed by atoms with Gasteiger partial charge in [-0.05, 0) is 29.5 Å². The number of aryl methyl sites for hydroxylation is 1. The lowest BCUT2D eigenvalue weighted by atomic mass is 10.2. The quantitative estimate of drug-likeness (QED) is 0.595. The number of hydrogen-bond acceptors (Lipinski definition) is 6. The molecule has 0 saturated carbocycles. The Morgan fingerprint density at radius 3 is 2.48 bits per heavy atom. The lowest BCUT2D eigenvalue weighted by Crippen LogP contribution is -2.07. The third kappa shape index (κ3) is 3.27. The Balaban J connectivity index is 1.53. The van der Waals surface area contributed by atoms with Gasteiger partial charge in [0.1, 0.15) is 5.01 Å². The van der Waals surface area contributed by atoms with Gasteiger partial charge in [-0.15, -0.1) is 11.3 Å². The minimum absolute atomic E-state index is 0.611. The largest absolute Gasteiger partial charge is 0.348 e. The average molecular weight is 348 g/mol. The van der Waals surface area contributed by atoms with Gasteiger partial charge in [0.2, 0.25) is 5.95 Å². The summed E-state index contributed by atoms with van der Waals surface area (Å²) in [6.45, 7) is 2.66. The molecule has 0 bridgehead atoms. The van der Waals surface area contributed by atoms with Crippen molar-refractivity contribution in [1.29, 1.82) is 0 Å². The molecule has 2 aromatic heterocycles. The molecule has 124 valence electrons. The van der Waals surface area contributed by atoms with E-state index in [1.165, 1.54) is 4.88 Å². The summed E-state index contributed by atoms with van der Waals surface area (Å²) in [5.74, 6) is 0.611. The Bertz CT molecular complexity index is 962. The number of para-hydroxylation sites is 1. The molecule has 0 fully saturated rings. The zero-order chi connectivity index (χ0) is 17.1. The monoisotopic (exact) mass is 348 g/mol. The molecule has 25 heavy (non-hydrogen) atoms. The SMILES string of the molecule is Cc1nc(-c2ccccc2)sc1CNc1nnnn1-c1ccccc1. The van der Waals surface area contributed by atoms with Gasteiger partial charge in [0, 0.05) is 10.4 Å². The molecule has 7 heteroatoms. The predicted octanol–water partition coefficient (Wildman–Crippen LogP) is 3.71. The first kappa shape index (κ1) is 15.5. The van der Waals surface area contributed by atoms with Crippen molar-refractivity contribution in [1.82, 2.24) is 25.2 Å². The van der Waals surface area contributed by atoms with Crippen molar-refractivity contribution in [2.45, 2.75) is 13.5 Å². The Labute approximate surface area is 149 Å². The van der Waals surface area contributed by atoms with Crippen LogP contribution in [0, 0.1) is 6.92 Å². The summed E-state index contributed by atoms with van der Waals surface area (Å²) in [6, 6.07) is 20.0. The van der Waals surface area contributed by atoms with Crippen LogP contribution in [-0.4, -0.2) is 25.2 Å². The summed E-state index contributed by atoms with van der Waals surface area (Å²) in [5.41, 5.74) is 3.08. The maximum absolute atomic E-state index is 4.68. The summed E-state index contributed by atoms with van der Waals surface area (Å²) in [5, 5.41) is 16.2. The van der Waals surface area contributed by atoms with E-state index in [-0.39, 0.29) is 0 Å². The third-order valence-corrected chi connectivity index (χ3v) is 5.00. The van der Waals surface area contributed by atoms with Gasteiger partial charge in [-0.1, -0.05) is 53.6 Å². The molecule has 2 aromatic carbocycles. The molecule has 4 rings (SSSR count). The van der Waals surface area contributed by atoms with Gasteiger partial charge < -0.3 is 5.32 Å². The maximum atomic E-state index is 4.68. The zero-order valence-electron chi connectivity index (χ0n) is 13.6. The minimum Gasteiger partial charge on any atom is -0.348 e. The number of hydrogen-bond donors (Lipinski definition) is 1. The molecule has 2 heterocycles. The summed E-state index contributed by atoms with van der Waals surface area (Å²) < 4.78 is 1.69. The first-order valence-electron chi connectivity index (χ1n) is 7.90. The summed E-state index contributed by atoms with van der Waals surface area (Å²) >= 11 is 1.68. The second-order valence-corrected chi connectivity index (χ2v) is 6.58. The molecule has 1 N–H and O–H groups in total. The number of anilines is 1. The highest BCUT2D eigenvalue weighted by atomic mass is 32.1. The lowest BCUT2D eigenvalue weighted by molar-refractivity contribution is 0.789. The molecule has 0 aliphatic carbocycles. The zero-order valence-corrected chi connectivity index (χ0v) is 14.4. The van der Waals surface area contributed by atoms with E-state index in [1.807, 2.05) is 55.5 Å². The van der Waals surface area contributed by atoms with E-state index in [2.05, 4.69) is 38.0 Å². The fourth-order valence-corrected chi connectivity index (χ4v) is 3.50. The molecular formula is C18H16N6S. The van der Waals surface area contributed by atoms with Crippen LogP contribution in [0.1, 0.15) is 10.6 Å². The van der Waals surface area contributed by atoms with Gasteiger partial charge in [0.05, 0.1) is 17.9 Å². The van der Waals surface area contributed by atoms with Crippen molar-refractivity contribution < 1.29 is 0 Å². The van der Waals surface area contributed by atoms with Crippen LogP contribution in [0.15, 0.2) is 60.7 Å². The number of thiazole rings is 1. The average Bonchev–Trinajstić information content (AvgIpc) is 3.28. The predicted molar refractivity (Wildman–Crippen MR) is 98.8 cm³/mol. The lowest BCUT2D eigenvalue weighted by Gasteiger charge is -2.06. The fourth-order valence-electron chi connectivity index (χ4n) is 2.50. The fraction of sp³-hybridized carbons (Fsp3) is 0.111. The van der Waals surface area contributed by atoms with Crippen LogP contribution in [0.3, 0.4) is 0 Å². The number of nitrogens with one attached hydrogen (secondary N) is 1. The second-order valence-electron chi connectivity index (χ2n) is 5.50. The maximum Gasteiger partial charge on any atom is 0.248 e. The Kier molecular flexibility index (Phi) is 4.22. The number of aromatic nitrogens is 5. The molecule has 0 aliphatic heterocycles. The van der Waals surface area contributed by atoms with Gasteiger partial charge in [0.25, 0.3) is 0 Å². The highest BCUT2D eigenvalue weighted by Crippen LogP contribution is 2.28. The standard InChI is InChI=1S/C18H16N6S/c1-13-16(25-17(20-13)14-8-4-2-5-9-14)12-19-18-21-22-23-24(18)15-10-6-3-7-11-15/h2-11H,12H2,1H3,(H,19,21,23). The van der Waals surface area contributed by atoms with Crippen LogP contribution < -0.4 is 5.32 Å². The van der Waals surface area contributed by atoms with Crippen molar-refractivity contribution in [3.63, 3.8) is 0 Å². The molecule has 0 aliphatic rings. The van der Waals surface area contributed by atoms with Crippen molar-refractivity contribution in [3.8, 4) is 16.3 Å². The molecule has 6 nitrogen and oxygen atoms in total. The van der Waals surface area contributed by atoms with E-state index in [4.69, 9.17) is 0 Å². The van der Waals surface area contributed by atoms with Crippen molar-refractivity contribution in [3.05, 3.63) is 71.2 Å². The van der Waals surface area contributed by atoms with Crippen molar-refractivity contribution >= 4 is 17.3 Å². The summed E-state index contributed by atoms with van der Waals surface area (Å²) in [6.07, 6.45) is 0. The van der Waals surface area contributed by atoms with Crippen molar-refractivity contribution in [2.24, 2.45) is 0 Å². The molecule has 0 spiro atoms. The molecule has 0 amide bonds. The van der Waals surface area contributed by atoms with Crippen LogP contribution in [0.2, 0.25) is 0 Å². The molecule has 0 radical (unpaired) electrons. The first-order chi connectivity index (χ1) is 12.3. The van der Waals surface area contributed by atoms with Crippen LogP contribution in [0.25, 0.3) is 16.3 Å². The van der Waals surface area contributed by atoms with Gasteiger partial charge >= 0.3 is 0 Å². The number of rotatable bonds is 5. The van der Waals surface area contributed by atoms with Gasteiger partial charge in [-0.25, -0.2) is 4.98 Å². The first-order valence-corrected chi connectivity index (χ1v) is 8.72. The highest BCUT2D eigenvalue weighted by Gasteiger charge is 2.12. The van der Waals surface area contributed by atoms with Gasteiger partial charge in [-0.2, -0.15) is 4.68 Å². The van der Waals surface area contributed by atoms with E-state index < -0.39 is 0 Å². The van der Waals surface area contributed by atoms with Crippen LogP contribution in [0.5, 0.6) is 0 Å². The topological polar surface area (TPSA) is 68.5 Å². The van der Waals surface area contributed by atoms with Gasteiger partial charge in [0.15, 0.2) is 0 Å². The molecular weight excluding hydrogens is 332 g/mol. The van der Waals surface area contributed by atoms with E-state index in [0.717, 1.165) is 22.0 Å². The number of tetrazole rings is 1. The van der Waals surface area contributed by atoms with E-state index in [0.29, 0.717) is 12.5 Å². The smallest absolute Gasteiger partial charge is 0.248 e. The normalized spacial score (nSPS) is 10.8. The second kappa shape index (κ2) is 6.82.